The largest absolute Gasteiger partial charge is 0.493 e. The summed E-state index contributed by atoms with van der Waals surface area (Å²) in [6.07, 6.45) is 0. The summed E-state index contributed by atoms with van der Waals surface area (Å²) >= 11 is 0. The van der Waals surface area contributed by atoms with Crippen molar-refractivity contribution in [3.63, 3.8) is 0 Å². The first kappa shape index (κ1) is 30.8. The number of carbonyl (C=O) groups excluding carboxylic acids is 2. The number of halogens is 1. The molecule has 0 bridgehead atoms. The van der Waals surface area contributed by atoms with Crippen molar-refractivity contribution in [2.45, 2.75) is 20.8 Å². The molecule has 5 rings (SSSR count). The molecule has 1 heterocycles. The second kappa shape index (κ2) is 12.9. The first-order chi connectivity index (χ1) is 21.6. The van der Waals surface area contributed by atoms with Gasteiger partial charge in [0.15, 0.2) is 11.5 Å². The van der Waals surface area contributed by atoms with Crippen molar-refractivity contribution in [1.82, 2.24) is 9.78 Å². The van der Waals surface area contributed by atoms with Gasteiger partial charge in [-0.05, 0) is 67.4 Å². The lowest BCUT2D eigenvalue weighted by molar-refractivity contribution is -0.132. The molecule has 4 aromatic carbocycles. The lowest BCUT2D eigenvalue weighted by Crippen LogP contribution is -2.13. The van der Waals surface area contributed by atoms with E-state index in [1.807, 2.05) is 32.0 Å². The predicted molar refractivity (Wildman–Crippen MR) is 169 cm³/mol. The van der Waals surface area contributed by atoms with Gasteiger partial charge in [-0.25, -0.2) is 4.39 Å². The van der Waals surface area contributed by atoms with Gasteiger partial charge >= 0.3 is 5.97 Å². The Labute approximate surface area is 260 Å². The van der Waals surface area contributed by atoms with Crippen LogP contribution in [0.1, 0.15) is 28.4 Å². The first-order valence-corrected chi connectivity index (χ1v) is 14.0. The summed E-state index contributed by atoms with van der Waals surface area (Å²) in [6.45, 7) is 5.27. The number of nitrogens with one attached hydrogen (secondary N) is 1. The summed E-state index contributed by atoms with van der Waals surface area (Å²) in [5, 5.41) is 7.70. The molecule has 230 valence electrons. The van der Waals surface area contributed by atoms with Crippen LogP contribution in [0.15, 0.2) is 78.9 Å². The Morgan fingerprint density at radius 3 is 2.07 bits per heavy atom. The third-order valence-corrected chi connectivity index (χ3v) is 7.15. The van der Waals surface area contributed by atoms with Crippen molar-refractivity contribution in [3.05, 3.63) is 101 Å². The molecule has 0 unspecified atom stereocenters. The highest BCUT2D eigenvalue weighted by Crippen LogP contribution is 2.46. The molecule has 0 aliphatic heterocycles. The van der Waals surface area contributed by atoms with Crippen LogP contribution in [0, 0.1) is 19.7 Å². The van der Waals surface area contributed by atoms with Crippen LogP contribution in [-0.2, 0) is 4.79 Å². The molecule has 0 aliphatic rings. The number of carbonyl (C=O) groups is 2. The average molecular weight is 610 g/mol. The minimum atomic E-state index is -0.619. The van der Waals surface area contributed by atoms with E-state index in [4.69, 9.17) is 24.0 Å². The summed E-state index contributed by atoms with van der Waals surface area (Å²) in [7, 11) is 4.56. The summed E-state index contributed by atoms with van der Waals surface area (Å²) in [5.74, 6) is -0.296. The van der Waals surface area contributed by atoms with Crippen molar-refractivity contribution in [2.24, 2.45) is 0 Å². The zero-order chi connectivity index (χ0) is 32.2. The van der Waals surface area contributed by atoms with Gasteiger partial charge in [-0.1, -0.05) is 42.0 Å². The number of methoxy groups -OCH3 is 3. The lowest BCUT2D eigenvalue weighted by Gasteiger charge is -2.14. The third kappa shape index (κ3) is 6.21. The quantitative estimate of drug-likeness (QED) is 0.177. The SMILES string of the molecule is COc1cc(-c2nn(-c3ccc(C)cc3C)c(OC(C)=O)c2-c2ccc(NC(=O)c3ccccc3F)cc2)cc(OC)c1OC. The number of aryl methyl sites for hydroxylation is 2. The van der Waals surface area contributed by atoms with Gasteiger partial charge in [0.1, 0.15) is 11.5 Å². The molecule has 10 heteroatoms. The van der Waals surface area contributed by atoms with E-state index in [1.165, 1.54) is 46.5 Å². The van der Waals surface area contributed by atoms with E-state index in [9.17, 15) is 14.0 Å². The summed E-state index contributed by atoms with van der Waals surface area (Å²) < 4.78 is 38.4. The molecule has 5 aromatic rings. The number of esters is 1. The number of aromatic nitrogens is 2. The molecule has 45 heavy (non-hydrogen) atoms. The predicted octanol–water partition coefficient (Wildman–Crippen LogP) is 7.17. The lowest BCUT2D eigenvalue weighted by atomic mass is 10.00. The molecule has 1 N–H and O–H groups in total. The number of hydrogen-bond donors (Lipinski definition) is 1. The van der Waals surface area contributed by atoms with E-state index in [-0.39, 0.29) is 11.4 Å². The molecule has 0 saturated carbocycles. The number of ether oxygens (including phenoxy) is 4. The Kier molecular flexibility index (Phi) is 8.85. The molecular formula is C35H32FN3O6. The van der Waals surface area contributed by atoms with E-state index < -0.39 is 17.7 Å². The van der Waals surface area contributed by atoms with E-state index in [0.717, 1.165) is 11.1 Å². The van der Waals surface area contributed by atoms with Gasteiger partial charge in [0.05, 0.1) is 38.1 Å². The maximum absolute atomic E-state index is 14.2. The molecular weight excluding hydrogens is 577 g/mol. The number of amides is 1. The fraction of sp³-hybridized carbons (Fsp3) is 0.171. The summed E-state index contributed by atoms with van der Waals surface area (Å²) in [5.41, 5.74) is 5.28. The fourth-order valence-corrected chi connectivity index (χ4v) is 5.08. The highest BCUT2D eigenvalue weighted by atomic mass is 19.1. The van der Waals surface area contributed by atoms with Gasteiger partial charge in [-0.2, -0.15) is 9.78 Å². The second-order valence-electron chi connectivity index (χ2n) is 10.2. The van der Waals surface area contributed by atoms with Crippen LogP contribution in [-0.4, -0.2) is 43.0 Å². The molecule has 0 aliphatic carbocycles. The normalized spacial score (nSPS) is 10.7. The first-order valence-electron chi connectivity index (χ1n) is 14.0. The standard InChI is InChI=1S/C35H32FN3O6/c1-20-11-16-28(21(2)17-20)39-35(45-22(3)40)31(32(38-39)24-18-29(42-4)33(44-6)30(19-24)43-5)23-12-14-25(15-13-23)37-34(41)26-9-7-8-10-27(26)36/h7-19H,1-6H3,(H,37,41). The summed E-state index contributed by atoms with van der Waals surface area (Å²) in [6, 6.07) is 22.0. The number of nitrogens with zero attached hydrogens (tertiary/aromatic N) is 2. The Morgan fingerprint density at radius 1 is 0.822 bits per heavy atom. The van der Waals surface area contributed by atoms with Crippen molar-refractivity contribution in [3.8, 4) is 51.2 Å². The zero-order valence-electron chi connectivity index (χ0n) is 25.7. The van der Waals surface area contributed by atoms with Gasteiger partial charge in [-0.3, -0.25) is 9.59 Å². The van der Waals surface area contributed by atoms with Crippen molar-refractivity contribution < 1.29 is 32.9 Å². The Balaban J connectivity index is 1.71. The maximum Gasteiger partial charge on any atom is 0.309 e. The molecule has 0 fully saturated rings. The van der Waals surface area contributed by atoms with Crippen molar-refractivity contribution >= 4 is 17.6 Å². The van der Waals surface area contributed by atoms with Crippen LogP contribution in [0.3, 0.4) is 0 Å². The minimum Gasteiger partial charge on any atom is -0.493 e. The monoisotopic (exact) mass is 609 g/mol. The number of benzene rings is 4. The van der Waals surface area contributed by atoms with Crippen LogP contribution in [0.2, 0.25) is 0 Å². The summed E-state index contributed by atoms with van der Waals surface area (Å²) in [4.78, 5) is 25.2. The Bertz CT molecular complexity index is 1870. The maximum atomic E-state index is 14.2. The minimum absolute atomic E-state index is 0.0712. The van der Waals surface area contributed by atoms with Crippen LogP contribution in [0.4, 0.5) is 10.1 Å². The van der Waals surface area contributed by atoms with E-state index in [2.05, 4.69) is 5.32 Å². The average Bonchev–Trinajstić information content (AvgIpc) is 3.38. The van der Waals surface area contributed by atoms with Crippen LogP contribution >= 0.6 is 0 Å². The van der Waals surface area contributed by atoms with Gasteiger partial charge in [0.25, 0.3) is 5.91 Å². The second-order valence-corrected chi connectivity index (χ2v) is 10.2. The third-order valence-electron chi connectivity index (χ3n) is 7.15. The number of rotatable bonds is 9. The van der Waals surface area contributed by atoms with E-state index in [0.29, 0.717) is 51.0 Å². The van der Waals surface area contributed by atoms with Crippen LogP contribution in [0.5, 0.6) is 23.1 Å². The molecule has 0 atom stereocenters. The van der Waals surface area contributed by atoms with Crippen LogP contribution in [0.25, 0.3) is 28.1 Å². The molecule has 0 spiro atoms. The highest BCUT2D eigenvalue weighted by Gasteiger charge is 2.27. The highest BCUT2D eigenvalue weighted by molar-refractivity contribution is 6.04. The Hall–Kier alpha value is -5.64. The molecule has 0 radical (unpaired) electrons. The molecule has 0 saturated heterocycles. The fourth-order valence-electron chi connectivity index (χ4n) is 5.08. The number of hydrogen-bond acceptors (Lipinski definition) is 7. The van der Waals surface area contributed by atoms with E-state index in [1.54, 1.807) is 47.1 Å². The zero-order valence-corrected chi connectivity index (χ0v) is 25.7. The Morgan fingerprint density at radius 2 is 1.49 bits per heavy atom. The van der Waals surface area contributed by atoms with Crippen molar-refractivity contribution in [2.75, 3.05) is 26.6 Å². The van der Waals surface area contributed by atoms with Gasteiger partial charge < -0.3 is 24.3 Å². The van der Waals surface area contributed by atoms with Gasteiger partial charge in [0.2, 0.25) is 11.6 Å². The van der Waals surface area contributed by atoms with Crippen LogP contribution < -0.4 is 24.3 Å². The van der Waals surface area contributed by atoms with Crippen molar-refractivity contribution in [1.29, 1.82) is 0 Å². The topological polar surface area (TPSA) is 101 Å². The van der Waals surface area contributed by atoms with Gasteiger partial charge in [-0.15, -0.1) is 0 Å². The molecule has 1 aromatic heterocycles. The van der Waals surface area contributed by atoms with E-state index >= 15 is 0 Å². The van der Waals surface area contributed by atoms with Gasteiger partial charge in [0, 0.05) is 18.2 Å². The molecule has 9 nitrogen and oxygen atoms in total. The number of anilines is 1. The molecule has 1 amide bonds. The smallest absolute Gasteiger partial charge is 0.309 e.